The Morgan fingerprint density at radius 1 is 1.27 bits per heavy atom. The molecule has 1 aromatic carbocycles. The minimum Gasteiger partial charge on any atom is -0.493 e. The summed E-state index contributed by atoms with van der Waals surface area (Å²) in [6.07, 6.45) is 0.461. The van der Waals surface area contributed by atoms with Gasteiger partial charge in [-0.05, 0) is 34.8 Å². The maximum absolute atomic E-state index is 15.5. The van der Waals surface area contributed by atoms with Crippen LogP contribution in [0.15, 0.2) is 22.7 Å². The molecule has 0 aliphatic carbocycles. The number of hydrogen-bond donors (Lipinski definition) is 1. The molecule has 2 saturated heterocycles. The fourth-order valence-electron chi connectivity index (χ4n) is 6.10. The number of methoxy groups -OCH3 is 1. The molecule has 2 N–H and O–H groups in total. The first kappa shape index (κ1) is 26.8. The zero-order valence-electron chi connectivity index (χ0n) is 21.7. The molecule has 3 aromatic rings. The fourth-order valence-corrected chi connectivity index (χ4v) is 6.47. The molecule has 1 amide bonds. The van der Waals surface area contributed by atoms with E-state index in [0.29, 0.717) is 44.7 Å². The minimum absolute atomic E-state index is 0.0369. The first-order valence-corrected chi connectivity index (χ1v) is 13.6. The molecule has 3 aliphatic rings. The normalized spacial score (nSPS) is 22.9. The molecule has 2 aromatic heterocycles. The molecule has 0 bridgehead atoms. The number of aromatic nitrogens is 4. The molecule has 2 fully saturated rings. The van der Waals surface area contributed by atoms with Crippen molar-refractivity contribution in [2.75, 3.05) is 38.3 Å². The number of rotatable bonds is 6. The van der Waals surface area contributed by atoms with Crippen molar-refractivity contribution in [1.29, 1.82) is 0 Å². The van der Waals surface area contributed by atoms with Gasteiger partial charge in [0.1, 0.15) is 29.8 Å². The Kier molecular flexibility index (Phi) is 6.64. The van der Waals surface area contributed by atoms with Crippen molar-refractivity contribution in [3.63, 3.8) is 0 Å². The van der Waals surface area contributed by atoms with Crippen molar-refractivity contribution in [3.8, 4) is 11.8 Å². The largest absolute Gasteiger partial charge is 0.493 e. The summed E-state index contributed by atoms with van der Waals surface area (Å²) in [5, 5.41) is 4.31. The van der Waals surface area contributed by atoms with Gasteiger partial charge in [-0.3, -0.25) is 14.4 Å². The van der Waals surface area contributed by atoms with Crippen LogP contribution in [-0.2, 0) is 13.1 Å². The Morgan fingerprint density at radius 3 is 2.83 bits per heavy atom. The van der Waals surface area contributed by atoms with E-state index in [9.17, 15) is 9.18 Å². The first-order chi connectivity index (χ1) is 19.1. The molecule has 6 rings (SSSR count). The number of nitrogens with two attached hydrogens (primary N) is 1. The van der Waals surface area contributed by atoms with Crippen LogP contribution in [0.25, 0.3) is 10.9 Å². The Bertz CT molecular complexity index is 1550. The van der Waals surface area contributed by atoms with Gasteiger partial charge in [-0.2, -0.15) is 15.1 Å². The second-order valence-corrected chi connectivity index (χ2v) is 11.3. The van der Waals surface area contributed by atoms with Gasteiger partial charge in [-0.15, -0.1) is 0 Å². The molecule has 3 aliphatic heterocycles. The van der Waals surface area contributed by atoms with E-state index in [2.05, 4.69) is 37.6 Å². The Hall–Kier alpha value is -3.39. The number of carbonyl (C=O) groups is 1. The van der Waals surface area contributed by atoms with Crippen molar-refractivity contribution in [2.45, 2.75) is 44.1 Å². The van der Waals surface area contributed by atoms with E-state index in [1.165, 1.54) is 7.11 Å². The highest BCUT2D eigenvalue weighted by Crippen LogP contribution is 2.44. The van der Waals surface area contributed by atoms with Crippen LogP contribution in [0, 0.1) is 11.6 Å². The molecule has 212 valence electrons. The summed E-state index contributed by atoms with van der Waals surface area (Å²) in [5.41, 5.74) is 6.43. The highest BCUT2D eigenvalue weighted by Gasteiger charge is 2.50. The average molecular weight is 622 g/mol. The highest BCUT2D eigenvalue weighted by atomic mass is 79.9. The molecule has 0 spiro atoms. The molecule has 0 saturated carbocycles. The average Bonchev–Trinajstić information content (AvgIpc) is 3.50. The van der Waals surface area contributed by atoms with Crippen molar-refractivity contribution < 1.29 is 27.4 Å². The third-order valence-electron chi connectivity index (χ3n) is 7.81. The summed E-state index contributed by atoms with van der Waals surface area (Å²) in [6.45, 7) is 6.19. The Balaban J connectivity index is 1.44. The van der Waals surface area contributed by atoms with Crippen LogP contribution in [0.5, 0.6) is 11.8 Å². The summed E-state index contributed by atoms with van der Waals surface area (Å²) < 4.78 is 57.8. The zero-order valence-corrected chi connectivity index (χ0v) is 23.3. The first-order valence-electron chi connectivity index (χ1n) is 12.8. The number of fused-ring (bicyclic) bond motifs is 3. The lowest BCUT2D eigenvalue weighted by Crippen LogP contribution is -2.43. The van der Waals surface area contributed by atoms with Gasteiger partial charge >= 0.3 is 6.01 Å². The summed E-state index contributed by atoms with van der Waals surface area (Å²) in [7, 11) is 1.28. The van der Waals surface area contributed by atoms with Crippen LogP contribution in [0.4, 0.5) is 19.0 Å². The van der Waals surface area contributed by atoms with Gasteiger partial charge in [-0.1, -0.05) is 12.2 Å². The van der Waals surface area contributed by atoms with Crippen LogP contribution in [-0.4, -0.2) is 75.6 Å². The number of hydrogen-bond acceptors (Lipinski definition) is 8. The number of amides is 1. The van der Waals surface area contributed by atoms with Crippen molar-refractivity contribution in [2.24, 2.45) is 5.73 Å². The number of nitrogens with zero attached hydrogens (tertiary/aromatic N) is 6. The number of carbonyl (C=O) groups excluding carboxylic acids is 1. The predicted molar refractivity (Wildman–Crippen MR) is 143 cm³/mol. The smallest absolute Gasteiger partial charge is 0.319 e. The van der Waals surface area contributed by atoms with E-state index in [1.807, 2.05) is 9.80 Å². The van der Waals surface area contributed by atoms with Crippen LogP contribution in [0.2, 0.25) is 0 Å². The van der Waals surface area contributed by atoms with Gasteiger partial charge in [0, 0.05) is 32.6 Å². The van der Waals surface area contributed by atoms with Crippen LogP contribution in [0.3, 0.4) is 0 Å². The minimum atomic E-state index is -0.988. The van der Waals surface area contributed by atoms with Gasteiger partial charge in [0.25, 0.3) is 5.91 Å². The summed E-state index contributed by atoms with van der Waals surface area (Å²) >= 11 is 2.97. The van der Waals surface area contributed by atoms with E-state index in [1.54, 1.807) is 10.7 Å². The van der Waals surface area contributed by atoms with Gasteiger partial charge in [0.05, 0.1) is 34.7 Å². The number of ether oxygens (including phenoxy) is 2. The van der Waals surface area contributed by atoms with Crippen molar-refractivity contribution in [1.82, 2.24) is 24.6 Å². The number of aryl methyl sites for hydroxylation is 1. The van der Waals surface area contributed by atoms with Gasteiger partial charge in [-0.25, -0.2) is 13.2 Å². The lowest BCUT2D eigenvalue weighted by molar-refractivity contribution is 0.0994. The monoisotopic (exact) mass is 621 g/mol. The predicted octanol–water partition coefficient (Wildman–Crippen LogP) is 3.51. The molecular formula is C26H27BrF3N7O3. The van der Waals surface area contributed by atoms with Gasteiger partial charge in [0.15, 0.2) is 17.4 Å². The second-order valence-electron chi connectivity index (χ2n) is 10.5. The number of anilines is 1. The van der Waals surface area contributed by atoms with E-state index in [0.717, 1.165) is 5.57 Å². The summed E-state index contributed by atoms with van der Waals surface area (Å²) in [5.74, 6) is -2.56. The molecule has 40 heavy (non-hydrogen) atoms. The molecule has 2 atom stereocenters. The van der Waals surface area contributed by atoms with Crippen LogP contribution >= 0.6 is 15.9 Å². The quantitative estimate of drug-likeness (QED) is 0.329. The molecule has 10 nitrogen and oxygen atoms in total. The lowest BCUT2D eigenvalue weighted by Gasteiger charge is -2.30. The van der Waals surface area contributed by atoms with Crippen LogP contribution < -0.4 is 20.1 Å². The highest BCUT2D eigenvalue weighted by molar-refractivity contribution is 9.10. The molecular weight excluding hydrogens is 595 g/mol. The number of primary amides is 1. The maximum Gasteiger partial charge on any atom is 0.319 e. The molecule has 0 radical (unpaired) electrons. The van der Waals surface area contributed by atoms with E-state index in [-0.39, 0.29) is 53.7 Å². The Labute approximate surface area is 236 Å². The summed E-state index contributed by atoms with van der Waals surface area (Å²) in [4.78, 5) is 24.5. The molecule has 5 heterocycles. The third-order valence-corrected chi connectivity index (χ3v) is 8.51. The standard InChI is InChI=1S/C26H27BrF3N7O3/c1-13-7-26(8-14(28)10-36(26)9-13)12-40-25-32-21-17(22(39-2)20(30)18(27)19(21)29)24(33-25)35-4-3-5-37-15(11-35)6-16(34-37)23(31)38/h6,14H,1,3-5,7-12H2,2H3,(H2,31,38)/t14-,26+/m0/s1. The SMILES string of the molecule is C=C1CN2C[C@@H](F)C[C@@]2(COc2nc(N3CCCn4nc(C(N)=O)cc4C3)c3c(OC)c(F)c(Br)c(F)c3n2)C1. The van der Waals surface area contributed by atoms with Crippen molar-refractivity contribution in [3.05, 3.63) is 45.7 Å². The number of alkyl halides is 1. The topological polar surface area (TPSA) is 112 Å². The van der Waals surface area contributed by atoms with E-state index < -0.39 is 33.7 Å². The van der Waals surface area contributed by atoms with Crippen molar-refractivity contribution >= 4 is 38.6 Å². The maximum atomic E-state index is 15.5. The molecule has 0 unspecified atom stereocenters. The Morgan fingerprint density at radius 2 is 2.08 bits per heavy atom. The second kappa shape index (κ2) is 9.91. The molecule has 14 heteroatoms. The summed E-state index contributed by atoms with van der Waals surface area (Å²) in [6, 6.07) is 1.46. The third kappa shape index (κ3) is 4.37. The van der Waals surface area contributed by atoms with Gasteiger partial charge in [0.2, 0.25) is 0 Å². The van der Waals surface area contributed by atoms with E-state index >= 15 is 8.78 Å². The van der Waals surface area contributed by atoms with Crippen LogP contribution in [0.1, 0.15) is 35.4 Å². The van der Waals surface area contributed by atoms with Gasteiger partial charge < -0.3 is 20.1 Å². The lowest BCUT2D eigenvalue weighted by atomic mass is 9.93. The number of benzene rings is 1. The fraction of sp³-hybridized carbons (Fsp3) is 0.462. The van der Waals surface area contributed by atoms with E-state index in [4.69, 9.17) is 15.2 Å². The zero-order chi connectivity index (χ0) is 28.3. The number of halogens is 4.